The van der Waals surface area contributed by atoms with E-state index in [1.165, 1.54) is 5.56 Å². The number of hydrogen-bond acceptors (Lipinski definition) is 5. The summed E-state index contributed by atoms with van der Waals surface area (Å²) >= 11 is 0. The van der Waals surface area contributed by atoms with E-state index in [0.29, 0.717) is 51.4 Å². The van der Waals surface area contributed by atoms with Gasteiger partial charge in [-0.25, -0.2) is 4.79 Å². The molecule has 2 aliphatic rings. The normalized spacial score (nSPS) is 20.2. The van der Waals surface area contributed by atoms with E-state index >= 15 is 0 Å². The average Bonchev–Trinajstić information content (AvgIpc) is 3.24. The van der Waals surface area contributed by atoms with Crippen LogP contribution in [0.3, 0.4) is 0 Å². The quantitative estimate of drug-likeness (QED) is 0.710. The van der Waals surface area contributed by atoms with Crippen LogP contribution in [0.4, 0.5) is 0 Å². The van der Waals surface area contributed by atoms with Crippen molar-refractivity contribution >= 4 is 21.2 Å². The van der Waals surface area contributed by atoms with Crippen LogP contribution in [0.15, 0.2) is 33.5 Å². The van der Waals surface area contributed by atoms with Gasteiger partial charge in [0.15, 0.2) is 0 Å². The van der Waals surface area contributed by atoms with Gasteiger partial charge in [-0.1, -0.05) is 13.0 Å². The van der Waals surface area contributed by atoms with E-state index in [0.717, 1.165) is 30.2 Å². The topological polar surface area (TPSA) is 74.1 Å². The van der Waals surface area contributed by atoms with E-state index in [9.17, 15) is 13.2 Å². The number of hydrogen-bond donors (Lipinski definition) is 0. The Morgan fingerprint density at radius 2 is 1.64 bits per heavy atom. The highest BCUT2D eigenvalue weighted by Gasteiger charge is 2.33. The molecule has 152 valence electrons. The SMILES string of the molecule is CCc1ccc2oc(=O)cc(CN3CCN(S(=O)(=O)N4CCCC4)CC3)c2c1. The molecule has 0 atom stereocenters. The van der Waals surface area contributed by atoms with Crippen molar-refractivity contribution in [3.05, 3.63) is 45.8 Å². The maximum atomic E-state index is 12.7. The molecule has 4 rings (SSSR count). The van der Waals surface area contributed by atoms with Crippen LogP contribution in [0.2, 0.25) is 0 Å². The fourth-order valence-electron chi connectivity index (χ4n) is 4.07. The molecule has 2 saturated heterocycles. The molecule has 3 heterocycles. The van der Waals surface area contributed by atoms with Crippen LogP contribution in [0, 0.1) is 0 Å². The lowest BCUT2D eigenvalue weighted by Gasteiger charge is -2.35. The summed E-state index contributed by atoms with van der Waals surface area (Å²) in [5, 5.41) is 0.964. The van der Waals surface area contributed by atoms with Crippen molar-refractivity contribution in [3.63, 3.8) is 0 Å². The largest absolute Gasteiger partial charge is 0.423 e. The third kappa shape index (κ3) is 3.87. The maximum Gasteiger partial charge on any atom is 0.336 e. The summed E-state index contributed by atoms with van der Waals surface area (Å²) in [4.78, 5) is 14.2. The lowest BCUT2D eigenvalue weighted by atomic mass is 10.0. The lowest BCUT2D eigenvalue weighted by molar-refractivity contribution is 0.176. The molecule has 8 heteroatoms. The average molecular weight is 406 g/mol. The first-order valence-electron chi connectivity index (χ1n) is 10.0. The highest BCUT2D eigenvalue weighted by Crippen LogP contribution is 2.22. The van der Waals surface area contributed by atoms with E-state index in [4.69, 9.17) is 4.42 Å². The Balaban J connectivity index is 1.48. The van der Waals surface area contributed by atoms with Crippen LogP contribution >= 0.6 is 0 Å². The van der Waals surface area contributed by atoms with Gasteiger partial charge >= 0.3 is 5.63 Å². The van der Waals surface area contributed by atoms with Gasteiger partial charge in [-0.15, -0.1) is 0 Å². The molecule has 0 amide bonds. The van der Waals surface area contributed by atoms with Crippen LogP contribution in [0.5, 0.6) is 0 Å². The molecular formula is C20H27N3O4S. The van der Waals surface area contributed by atoms with Crippen molar-refractivity contribution in [1.29, 1.82) is 0 Å². The van der Waals surface area contributed by atoms with E-state index in [1.54, 1.807) is 14.7 Å². The molecule has 0 radical (unpaired) electrons. The molecule has 0 bridgehead atoms. The van der Waals surface area contributed by atoms with Gasteiger partial charge < -0.3 is 4.42 Å². The zero-order chi connectivity index (χ0) is 19.7. The van der Waals surface area contributed by atoms with E-state index in [2.05, 4.69) is 17.9 Å². The third-order valence-electron chi connectivity index (χ3n) is 5.74. The van der Waals surface area contributed by atoms with Gasteiger partial charge in [0.25, 0.3) is 10.2 Å². The zero-order valence-electron chi connectivity index (χ0n) is 16.3. The number of piperazine rings is 1. The Hall–Kier alpha value is -1.74. The standard InChI is InChI=1S/C20H27N3O4S/c1-2-16-5-6-19-18(13-16)17(14-20(24)27-19)15-21-9-11-23(12-10-21)28(25,26)22-7-3-4-8-22/h5-6,13-14H,2-4,7-12,15H2,1H3. The lowest BCUT2D eigenvalue weighted by Crippen LogP contribution is -2.52. The number of fused-ring (bicyclic) bond motifs is 1. The predicted octanol–water partition coefficient (Wildman–Crippen LogP) is 1.81. The summed E-state index contributed by atoms with van der Waals surface area (Å²) in [6.45, 7) is 6.26. The predicted molar refractivity (Wildman–Crippen MR) is 108 cm³/mol. The summed E-state index contributed by atoms with van der Waals surface area (Å²) in [6.07, 6.45) is 2.81. The van der Waals surface area contributed by atoms with Crippen LogP contribution < -0.4 is 5.63 Å². The molecule has 2 aromatic rings. The molecule has 0 unspecified atom stereocenters. The van der Waals surface area contributed by atoms with Crippen LogP contribution in [0.1, 0.15) is 30.9 Å². The smallest absolute Gasteiger partial charge is 0.336 e. The molecule has 1 aromatic heterocycles. The highest BCUT2D eigenvalue weighted by molar-refractivity contribution is 7.86. The zero-order valence-corrected chi connectivity index (χ0v) is 17.1. The van der Waals surface area contributed by atoms with Crippen molar-refractivity contribution in [2.75, 3.05) is 39.3 Å². The van der Waals surface area contributed by atoms with Crippen molar-refractivity contribution in [2.24, 2.45) is 0 Å². The molecule has 0 saturated carbocycles. The Morgan fingerprint density at radius 1 is 0.964 bits per heavy atom. The van der Waals surface area contributed by atoms with Crippen molar-refractivity contribution in [3.8, 4) is 0 Å². The summed E-state index contributed by atoms with van der Waals surface area (Å²) in [7, 11) is -3.33. The molecule has 2 aliphatic heterocycles. The second-order valence-corrected chi connectivity index (χ2v) is 9.49. The van der Waals surface area contributed by atoms with Crippen molar-refractivity contribution in [2.45, 2.75) is 32.7 Å². The van der Waals surface area contributed by atoms with Gasteiger partial charge in [0, 0.05) is 57.3 Å². The molecule has 0 N–H and O–H groups in total. The molecular weight excluding hydrogens is 378 g/mol. The minimum absolute atomic E-state index is 0.345. The van der Waals surface area contributed by atoms with Gasteiger partial charge in [0.05, 0.1) is 0 Å². The Morgan fingerprint density at radius 3 is 2.32 bits per heavy atom. The third-order valence-corrected chi connectivity index (χ3v) is 7.78. The van der Waals surface area contributed by atoms with Gasteiger partial charge in [-0.2, -0.15) is 17.0 Å². The molecule has 28 heavy (non-hydrogen) atoms. The molecule has 0 aliphatic carbocycles. The molecule has 7 nitrogen and oxygen atoms in total. The monoisotopic (exact) mass is 405 g/mol. The first-order chi connectivity index (χ1) is 13.5. The van der Waals surface area contributed by atoms with Crippen LogP contribution in [-0.2, 0) is 23.2 Å². The van der Waals surface area contributed by atoms with E-state index in [1.807, 2.05) is 12.1 Å². The minimum atomic E-state index is -3.33. The summed E-state index contributed by atoms with van der Waals surface area (Å²) < 4.78 is 34.0. The van der Waals surface area contributed by atoms with Crippen LogP contribution in [-0.4, -0.2) is 61.2 Å². The van der Waals surface area contributed by atoms with Gasteiger partial charge in [-0.05, 0) is 42.5 Å². The van der Waals surface area contributed by atoms with Gasteiger partial charge in [-0.3, -0.25) is 4.90 Å². The maximum absolute atomic E-state index is 12.7. The summed E-state index contributed by atoms with van der Waals surface area (Å²) in [5.41, 5.74) is 2.40. The second-order valence-electron chi connectivity index (χ2n) is 7.56. The number of benzene rings is 1. The Bertz CT molecular complexity index is 1000. The van der Waals surface area contributed by atoms with Gasteiger partial charge in [0.1, 0.15) is 5.58 Å². The summed E-state index contributed by atoms with van der Waals surface area (Å²) in [6, 6.07) is 7.49. The summed E-state index contributed by atoms with van der Waals surface area (Å²) in [5.74, 6) is 0. The van der Waals surface area contributed by atoms with E-state index < -0.39 is 10.2 Å². The molecule has 0 spiro atoms. The number of rotatable bonds is 5. The second kappa shape index (κ2) is 7.94. The van der Waals surface area contributed by atoms with Crippen molar-refractivity contribution in [1.82, 2.24) is 13.5 Å². The van der Waals surface area contributed by atoms with Gasteiger partial charge in [0.2, 0.25) is 0 Å². The fraction of sp³-hybridized carbons (Fsp3) is 0.550. The number of aryl methyl sites for hydroxylation is 1. The Labute approximate surface area is 165 Å². The van der Waals surface area contributed by atoms with Crippen LogP contribution in [0.25, 0.3) is 11.0 Å². The first-order valence-corrected chi connectivity index (χ1v) is 11.4. The van der Waals surface area contributed by atoms with E-state index in [-0.39, 0.29) is 5.63 Å². The molecule has 2 fully saturated rings. The fourth-order valence-corrected chi connectivity index (χ4v) is 5.74. The highest BCUT2D eigenvalue weighted by atomic mass is 32.2. The van der Waals surface area contributed by atoms with Crippen molar-refractivity contribution < 1.29 is 12.8 Å². The minimum Gasteiger partial charge on any atom is -0.423 e. The molecule has 1 aromatic carbocycles. The number of nitrogens with zero attached hydrogens (tertiary/aromatic N) is 3. The Kier molecular flexibility index (Phi) is 5.55. The first kappa shape index (κ1) is 19.6.